The van der Waals surface area contributed by atoms with Crippen molar-refractivity contribution in [1.82, 2.24) is 15.3 Å². The maximum Gasteiger partial charge on any atom is 0.318 e. The highest BCUT2D eigenvalue weighted by molar-refractivity contribution is 7.86. The Morgan fingerprint density at radius 2 is 1.94 bits per heavy atom. The summed E-state index contributed by atoms with van der Waals surface area (Å²) in [5.74, 6) is 0.851. The van der Waals surface area contributed by atoms with Gasteiger partial charge < -0.3 is 20.3 Å². The van der Waals surface area contributed by atoms with Crippen molar-refractivity contribution >= 4 is 28.3 Å². The van der Waals surface area contributed by atoms with Crippen LogP contribution in [-0.2, 0) is 20.3 Å². The minimum atomic E-state index is -1.47. The molecule has 36 heavy (non-hydrogen) atoms. The molecule has 2 N–H and O–H groups in total. The summed E-state index contributed by atoms with van der Waals surface area (Å²) in [7, 11) is 0.0843. The van der Waals surface area contributed by atoms with E-state index in [4.69, 9.17) is 14.7 Å². The van der Waals surface area contributed by atoms with E-state index in [1.54, 1.807) is 31.3 Å². The molecule has 188 valence electrons. The summed E-state index contributed by atoms with van der Waals surface area (Å²) in [6.07, 6.45) is 1.39. The number of hydrogen-bond donors (Lipinski definition) is 2. The fourth-order valence-electron chi connectivity index (χ4n) is 4.37. The summed E-state index contributed by atoms with van der Waals surface area (Å²) >= 11 is 0. The van der Waals surface area contributed by atoms with Gasteiger partial charge in [0.25, 0.3) is 0 Å². The highest BCUT2D eigenvalue weighted by Gasteiger charge is 2.52. The number of urea groups is 1. The summed E-state index contributed by atoms with van der Waals surface area (Å²) in [6, 6.07) is 15.0. The van der Waals surface area contributed by atoms with Gasteiger partial charge in [-0.25, -0.2) is 19.2 Å². The molecular weight excluding hydrogens is 481 g/mol. The van der Waals surface area contributed by atoms with Crippen LogP contribution in [0.2, 0.25) is 0 Å². The Kier molecular flexibility index (Phi) is 6.72. The molecule has 1 aliphatic carbocycles. The van der Waals surface area contributed by atoms with Gasteiger partial charge in [0.05, 0.1) is 40.5 Å². The molecule has 1 aromatic heterocycles. The molecule has 2 heterocycles. The Morgan fingerprint density at radius 3 is 2.61 bits per heavy atom. The first kappa shape index (κ1) is 24.3. The van der Waals surface area contributed by atoms with E-state index in [1.165, 1.54) is 12.1 Å². The van der Waals surface area contributed by atoms with E-state index in [2.05, 4.69) is 22.5 Å². The number of anilines is 2. The van der Waals surface area contributed by atoms with E-state index >= 15 is 0 Å². The van der Waals surface area contributed by atoms with Crippen molar-refractivity contribution < 1.29 is 18.1 Å². The van der Waals surface area contributed by atoms with Crippen LogP contribution >= 0.6 is 0 Å². The normalized spacial score (nSPS) is 19.4. The summed E-state index contributed by atoms with van der Waals surface area (Å²) in [4.78, 5) is 24.0. The van der Waals surface area contributed by atoms with E-state index in [9.17, 15) is 13.4 Å². The fourth-order valence-corrected chi connectivity index (χ4v) is 6.01. The number of amides is 2. The SMILES string of the molecule is CNC(=O)Nc1ccc(-c2nc(N3CCOC[C@@H]3C)cc(C3(S(=O)c4cccc(F)c4)CC3)n2)cc1. The second kappa shape index (κ2) is 9.94. The van der Waals surface area contributed by atoms with Crippen molar-refractivity contribution in [2.45, 2.75) is 35.4 Å². The van der Waals surface area contributed by atoms with Gasteiger partial charge in [-0.05, 0) is 62.2 Å². The van der Waals surface area contributed by atoms with Crippen LogP contribution in [0, 0.1) is 5.82 Å². The molecule has 2 atom stereocenters. The number of morpholine rings is 1. The van der Waals surface area contributed by atoms with Gasteiger partial charge in [-0.3, -0.25) is 4.21 Å². The highest BCUT2D eigenvalue weighted by Crippen LogP contribution is 2.53. The van der Waals surface area contributed by atoms with Crippen LogP contribution in [0.4, 0.5) is 20.7 Å². The van der Waals surface area contributed by atoms with Gasteiger partial charge in [-0.15, -0.1) is 0 Å². The minimum Gasteiger partial charge on any atom is -0.377 e. The molecule has 1 saturated heterocycles. The monoisotopic (exact) mass is 509 g/mol. The fraction of sp³-hybridized carbons (Fsp3) is 0.346. The molecule has 2 fully saturated rings. The second-order valence-electron chi connectivity index (χ2n) is 9.05. The smallest absolute Gasteiger partial charge is 0.318 e. The van der Waals surface area contributed by atoms with Crippen LogP contribution in [0.1, 0.15) is 25.5 Å². The van der Waals surface area contributed by atoms with Gasteiger partial charge in [0.1, 0.15) is 11.6 Å². The number of benzene rings is 2. The van der Waals surface area contributed by atoms with E-state index < -0.39 is 21.4 Å². The Labute approximate surface area is 211 Å². The average Bonchev–Trinajstić information content (AvgIpc) is 3.71. The minimum absolute atomic E-state index is 0.123. The molecule has 0 spiro atoms. The van der Waals surface area contributed by atoms with Crippen LogP contribution in [0.5, 0.6) is 0 Å². The quantitative estimate of drug-likeness (QED) is 0.520. The maximum atomic E-state index is 13.9. The van der Waals surface area contributed by atoms with E-state index in [0.29, 0.717) is 54.7 Å². The van der Waals surface area contributed by atoms with Crippen LogP contribution in [-0.4, -0.2) is 53.1 Å². The first-order valence-corrected chi connectivity index (χ1v) is 13.1. The molecule has 0 radical (unpaired) electrons. The molecular formula is C26H28FN5O3S. The Morgan fingerprint density at radius 1 is 1.17 bits per heavy atom. The van der Waals surface area contributed by atoms with Gasteiger partial charge in [-0.1, -0.05) is 6.07 Å². The Bertz CT molecular complexity index is 1300. The topological polar surface area (TPSA) is 96.5 Å². The molecule has 0 bridgehead atoms. The van der Waals surface area contributed by atoms with Crippen LogP contribution in [0.15, 0.2) is 59.5 Å². The number of carbonyl (C=O) groups is 1. The third-order valence-corrected chi connectivity index (χ3v) is 8.55. The number of carbonyl (C=O) groups excluding carboxylic acids is 1. The summed E-state index contributed by atoms with van der Waals surface area (Å²) < 4.78 is 32.5. The molecule has 2 amide bonds. The number of rotatable bonds is 6. The summed E-state index contributed by atoms with van der Waals surface area (Å²) in [5.41, 5.74) is 2.10. The van der Waals surface area contributed by atoms with Gasteiger partial charge in [0, 0.05) is 35.8 Å². The second-order valence-corrected chi connectivity index (χ2v) is 10.8. The zero-order valence-electron chi connectivity index (χ0n) is 20.2. The zero-order valence-corrected chi connectivity index (χ0v) is 21.0. The van der Waals surface area contributed by atoms with Crippen LogP contribution < -0.4 is 15.5 Å². The predicted molar refractivity (Wildman–Crippen MR) is 137 cm³/mol. The highest BCUT2D eigenvalue weighted by atomic mass is 32.2. The molecule has 10 heteroatoms. The Hall–Kier alpha value is -3.37. The maximum absolute atomic E-state index is 13.9. The van der Waals surface area contributed by atoms with Crippen molar-refractivity contribution in [3.05, 3.63) is 66.1 Å². The van der Waals surface area contributed by atoms with Crippen molar-refractivity contribution in [3.8, 4) is 11.4 Å². The number of nitrogens with one attached hydrogen (secondary N) is 2. The molecule has 1 aliphatic heterocycles. The molecule has 2 aliphatic rings. The van der Waals surface area contributed by atoms with Crippen molar-refractivity contribution in [2.75, 3.05) is 37.0 Å². The van der Waals surface area contributed by atoms with Gasteiger partial charge in [0.15, 0.2) is 5.82 Å². The number of halogens is 1. The average molecular weight is 510 g/mol. The first-order chi connectivity index (χ1) is 17.4. The van der Waals surface area contributed by atoms with E-state index in [-0.39, 0.29) is 12.1 Å². The molecule has 5 rings (SSSR count). The molecule has 3 aromatic rings. The lowest BCUT2D eigenvalue weighted by Gasteiger charge is -2.34. The van der Waals surface area contributed by atoms with Crippen LogP contribution in [0.25, 0.3) is 11.4 Å². The first-order valence-electron chi connectivity index (χ1n) is 11.9. The van der Waals surface area contributed by atoms with Crippen molar-refractivity contribution in [2.24, 2.45) is 0 Å². The number of hydrogen-bond acceptors (Lipinski definition) is 6. The van der Waals surface area contributed by atoms with Gasteiger partial charge in [-0.2, -0.15) is 0 Å². The number of ether oxygens (including phenoxy) is 1. The lowest BCUT2D eigenvalue weighted by Crippen LogP contribution is -2.44. The lowest BCUT2D eigenvalue weighted by atomic mass is 10.1. The molecule has 8 nitrogen and oxygen atoms in total. The van der Waals surface area contributed by atoms with Gasteiger partial charge >= 0.3 is 6.03 Å². The molecule has 2 aromatic carbocycles. The standard InChI is InChI=1S/C26H28FN5O3S/c1-17-16-35-13-12-32(17)23-15-22(26(10-11-26)36(34)21-5-3-4-19(27)14-21)30-24(31-23)18-6-8-20(9-7-18)29-25(33)28-2/h3-9,14-15,17H,10-13,16H2,1-2H3,(H2,28,29,33)/t17-,36?/m0/s1. The van der Waals surface area contributed by atoms with E-state index in [0.717, 1.165) is 11.4 Å². The third kappa shape index (κ3) is 4.83. The Balaban J connectivity index is 1.55. The van der Waals surface area contributed by atoms with E-state index in [1.807, 2.05) is 18.2 Å². The van der Waals surface area contributed by atoms with Crippen molar-refractivity contribution in [3.63, 3.8) is 0 Å². The molecule has 1 saturated carbocycles. The lowest BCUT2D eigenvalue weighted by molar-refractivity contribution is 0.0985. The predicted octanol–water partition coefficient (Wildman–Crippen LogP) is 4.06. The third-order valence-electron chi connectivity index (χ3n) is 6.54. The number of nitrogens with zero attached hydrogens (tertiary/aromatic N) is 3. The zero-order chi connectivity index (χ0) is 25.3. The van der Waals surface area contributed by atoms with Gasteiger partial charge in [0.2, 0.25) is 0 Å². The summed E-state index contributed by atoms with van der Waals surface area (Å²) in [5, 5.41) is 5.26. The number of aromatic nitrogens is 2. The molecule has 1 unspecified atom stereocenters. The largest absolute Gasteiger partial charge is 0.377 e. The van der Waals surface area contributed by atoms with Crippen molar-refractivity contribution in [1.29, 1.82) is 0 Å². The summed E-state index contributed by atoms with van der Waals surface area (Å²) in [6.45, 7) is 3.96. The van der Waals surface area contributed by atoms with Crippen LogP contribution in [0.3, 0.4) is 0 Å².